The minimum atomic E-state index is -0.301. The topological polar surface area (TPSA) is 75.6 Å². The van der Waals surface area contributed by atoms with Crippen LogP contribution in [0.2, 0.25) is 0 Å². The van der Waals surface area contributed by atoms with Crippen LogP contribution >= 0.6 is 11.3 Å². The zero-order valence-corrected chi connectivity index (χ0v) is 18.7. The summed E-state index contributed by atoms with van der Waals surface area (Å²) in [5, 5.41) is 10.7. The van der Waals surface area contributed by atoms with E-state index in [9.17, 15) is 9.59 Å². The van der Waals surface area contributed by atoms with Crippen LogP contribution in [0.5, 0.6) is 0 Å². The Bertz CT molecular complexity index is 769. The molecule has 0 amide bonds. The maximum absolute atomic E-state index is 12.4. The number of esters is 1. The van der Waals surface area contributed by atoms with Gasteiger partial charge in [-0.05, 0) is 43.2 Å². The molecule has 2 aromatic rings. The molecule has 0 aliphatic heterocycles. The first-order valence-electron chi connectivity index (χ1n) is 10.7. The highest BCUT2D eigenvalue weighted by atomic mass is 32.1. The van der Waals surface area contributed by atoms with Crippen molar-refractivity contribution in [1.29, 1.82) is 0 Å². The summed E-state index contributed by atoms with van der Waals surface area (Å²) in [6, 6.07) is 12.5. The molecule has 164 valence electrons. The molecular weight excluding hydrogens is 398 g/mol. The summed E-state index contributed by atoms with van der Waals surface area (Å²) in [5.74, 6) is 0.288. The number of ether oxygens (including phenoxy) is 1. The lowest BCUT2D eigenvalue weighted by Crippen LogP contribution is -2.31. The van der Waals surface area contributed by atoms with Gasteiger partial charge in [0.25, 0.3) is 0 Å². The van der Waals surface area contributed by atoms with Gasteiger partial charge in [0.1, 0.15) is 11.2 Å². The summed E-state index contributed by atoms with van der Waals surface area (Å²) in [4.78, 5) is 24.9. The van der Waals surface area contributed by atoms with Gasteiger partial charge in [-0.2, -0.15) is 0 Å². The van der Waals surface area contributed by atoms with Gasteiger partial charge in [0.05, 0.1) is 12.8 Å². The second kappa shape index (κ2) is 13.2. The molecule has 1 heterocycles. The minimum Gasteiger partial charge on any atom is -0.465 e. The van der Waals surface area contributed by atoms with E-state index < -0.39 is 0 Å². The maximum atomic E-state index is 12.4. The number of aliphatic hydroxyl groups is 1. The summed E-state index contributed by atoms with van der Waals surface area (Å²) < 4.78 is 5.04. The number of carbonyl (C=O) groups excluding carboxylic acids is 2. The van der Waals surface area contributed by atoms with Crippen molar-refractivity contribution in [1.82, 2.24) is 0 Å². The summed E-state index contributed by atoms with van der Waals surface area (Å²) >= 11 is 1.47. The SMILES string of the molecule is CO.COC(=O)c1sc(-c2ccccc2)cc1NC(CCCC=O)C1CCCCC1. The van der Waals surface area contributed by atoms with Gasteiger partial charge in [-0.25, -0.2) is 4.79 Å². The van der Waals surface area contributed by atoms with E-state index in [1.165, 1.54) is 50.6 Å². The molecule has 1 aromatic heterocycles. The summed E-state index contributed by atoms with van der Waals surface area (Å²) in [5.41, 5.74) is 1.96. The number of rotatable bonds is 9. The largest absolute Gasteiger partial charge is 0.465 e. The highest BCUT2D eigenvalue weighted by Crippen LogP contribution is 2.38. The molecule has 0 spiro atoms. The van der Waals surface area contributed by atoms with Gasteiger partial charge in [0, 0.05) is 24.4 Å². The fourth-order valence-electron chi connectivity index (χ4n) is 4.07. The number of anilines is 1. The number of aldehydes is 1. The fourth-order valence-corrected chi connectivity index (χ4v) is 5.12. The van der Waals surface area contributed by atoms with Crippen molar-refractivity contribution < 1.29 is 19.4 Å². The van der Waals surface area contributed by atoms with Crippen molar-refractivity contribution in [2.75, 3.05) is 19.5 Å². The monoisotopic (exact) mass is 431 g/mol. The molecule has 1 fully saturated rings. The quantitative estimate of drug-likeness (QED) is 0.310. The van der Waals surface area contributed by atoms with Gasteiger partial charge in [0.2, 0.25) is 0 Å². The predicted molar refractivity (Wildman–Crippen MR) is 123 cm³/mol. The molecule has 0 saturated heterocycles. The van der Waals surface area contributed by atoms with Crippen molar-refractivity contribution in [3.63, 3.8) is 0 Å². The van der Waals surface area contributed by atoms with Crippen molar-refractivity contribution in [3.8, 4) is 10.4 Å². The third-order valence-electron chi connectivity index (χ3n) is 5.56. The number of aliphatic hydroxyl groups excluding tert-OH is 1. The van der Waals surface area contributed by atoms with Crippen LogP contribution < -0.4 is 5.32 Å². The van der Waals surface area contributed by atoms with Crippen LogP contribution in [-0.4, -0.2) is 37.6 Å². The second-order valence-corrected chi connectivity index (χ2v) is 8.51. The van der Waals surface area contributed by atoms with Crippen LogP contribution in [0.25, 0.3) is 10.4 Å². The highest BCUT2D eigenvalue weighted by molar-refractivity contribution is 7.18. The number of benzene rings is 1. The Morgan fingerprint density at radius 1 is 1.23 bits per heavy atom. The van der Waals surface area contributed by atoms with E-state index in [1.807, 2.05) is 18.2 Å². The molecular formula is C24H33NO4S. The van der Waals surface area contributed by atoms with Gasteiger partial charge in [-0.15, -0.1) is 11.3 Å². The zero-order valence-electron chi connectivity index (χ0n) is 17.9. The van der Waals surface area contributed by atoms with E-state index in [2.05, 4.69) is 23.5 Å². The molecule has 0 radical (unpaired) electrons. The Balaban J connectivity index is 0.00000155. The number of methoxy groups -OCH3 is 1. The molecule has 2 N–H and O–H groups in total. The fraction of sp³-hybridized carbons (Fsp3) is 0.500. The molecule has 30 heavy (non-hydrogen) atoms. The summed E-state index contributed by atoms with van der Waals surface area (Å²) in [7, 11) is 2.43. The van der Waals surface area contributed by atoms with E-state index in [1.54, 1.807) is 0 Å². The van der Waals surface area contributed by atoms with Gasteiger partial charge < -0.3 is 20.0 Å². The number of nitrogens with one attached hydrogen (secondary N) is 1. The van der Waals surface area contributed by atoms with Gasteiger partial charge in [-0.3, -0.25) is 0 Å². The molecule has 1 saturated carbocycles. The first-order valence-corrected chi connectivity index (χ1v) is 11.5. The predicted octanol–water partition coefficient (Wildman–Crippen LogP) is 5.54. The van der Waals surface area contributed by atoms with Gasteiger partial charge in [-0.1, -0.05) is 49.6 Å². The standard InChI is InChI=1S/C23H29NO3S.CH4O/c1-27-23(26)22-20(16-21(28-22)18-12-6-3-7-13-18)24-19(14-8-9-15-25)17-10-4-2-5-11-17;1-2/h3,6-7,12-13,15-17,19,24H,2,4-5,8-11,14H2,1H3;2H,1H3. The molecule has 3 rings (SSSR count). The molecule has 1 aliphatic carbocycles. The second-order valence-electron chi connectivity index (χ2n) is 7.46. The molecule has 0 bridgehead atoms. The smallest absolute Gasteiger partial charge is 0.350 e. The Hall–Kier alpha value is -2.18. The average molecular weight is 432 g/mol. The summed E-state index contributed by atoms with van der Waals surface area (Å²) in [6.45, 7) is 0. The molecule has 6 heteroatoms. The number of thiophene rings is 1. The van der Waals surface area contributed by atoms with Crippen LogP contribution in [0.3, 0.4) is 0 Å². The first kappa shape index (κ1) is 24.1. The lowest BCUT2D eigenvalue weighted by atomic mass is 9.82. The van der Waals surface area contributed by atoms with Gasteiger partial charge >= 0.3 is 5.97 Å². The van der Waals surface area contributed by atoms with E-state index in [4.69, 9.17) is 9.84 Å². The number of hydrogen-bond acceptors (Lipinski definition) is 6. The molecule has 1 aromatic carbocycles. The van der Waals surface area contributed by atoms with Crippen LogP contribution in [0.15, 0.2) is 36.4 Å². The summed E-state index contributed by atoms with van der Waals surface area (Å²) in [6.07, 6.45) is 9.66. The lowest BCUT2D eigenvalue weighted by molar-refractivity contribution is -0.107. The molecule has 1 atom stereocenters. The van der Waals surface area contributed by atoms with Crippen molar-refractivity contribution in [2.45, 2.75) is 57.4 Å². The number of hydrogen-bond donors (Lipinski definition) is 2. The Morgan fingerprint density at radius 3 is 2.57 bits per heavy atom. The molecule has 1 unspecified atom stereocenters. The third-order valence-corrected chi connectivity index (χ3v) is 6.72. The number of unbranched alkanes of at least 4 members (excludes halogenated alkanes) is 1. The minimum absolute atomic E-state index is 0.280. The Kier molecular flexibility index (Phi) is 10.6. The first-order chi connectivity index (χ1) is 14.7. The third kappa shape index (κ3) is 6.67. The van der Waals surface area contributed by atoms with Crippen molar-refractivity contribution >= 4 is 29.3 Å². The lowest BCUT2D eigenvalue weighted by Gasteiger charge is -2.31. The Morgan fingerprint density at radius 2 is 1.93 bits per heavy atom. The van der Waals surface area contributed by atoms with E-state index in [0.717, 1.165) is 42.4 Å². The van der Waals surface area contributed by atoms with Gasteiger partial charge in [0.15, 0.2) is 0 Å². The van der Waals surface area contributed by atoms with E-state index >= 15 is 0 Å². The normalized spacial score (nSPS) is 14.9. The maximum Gasteiger partial charge on any atom is 0.350 e. The van der Waals surface area contributed by atoms with E-state index in [0.29, 0.717) is 17.2 Å². The zero-order chi connectivity index (χ0) is 21.8. The van der Waals surface area contributed by atoms with Crippen LogP contribution in [0.1, 0.15) is 61.0 Å². The van der Waals surface area contributed by atoms with Crippen molar-refractivity contribution in [3.05, 3.63) is 41.3 Å². The number of carbonyl (C=O) groups is 2. The van der Waals surface area contributed by atoms with E-state index in [-0.39, 0.29) is 12.0 Å². The average Bonchev–Trinajstić information content (AvgIpc) is 3.24. The van der Waals surface area contributed by atoms with Crippen LogP contribution in [-0.2, 0) is 9.53 Å². The van der Waals surface area contributed by atoms with Crippen molar-refractivity contribution in [2.24, 2.45) is 5.92 Å². The van der Waals surface area contributed by atoms with Crippen LogP contribution in [0.4, 0.5) is 5.69 Å². The Labute approximate surface area is 183 Å². The molecule has 1 aliphatic rings. The highest BCUT2D eigenvalue weighted by Gasteiger charge is 2.26. The molecule has 5 nitrogen and oxygen atoms in total. The van der Waals surface area contributed by atoms with Crippen LogP contribution in [0, 0.1) is 5.92 Å².